The molecule has 0 amide bonds. The Morgan fingerprint density at radius 2 is 1.87 bits per heavy atom. The van der Waals surface area contributed by atoms with Gasteiger partial charge in [0.05, 0.1) is 5.52 Å². The maximum Gasteiger partial charge on any atom is 0.0743 e. The van der Waals surface area contributed by atoms with Crippen molar-refractivity contribution in [2.24, 2.45) is 5.92 Å². The van der Waals surface area contributed by atoms with E-state index in [2.05, 4.69) is 51.2 Å². The molecule has 0 saturated carbocycles. The molecule has 0 atom stereocenters. The zero-order valence-electron chi connectivity index (χ0n) is 15.1. The fraction of sp³-hybridized carbons (Fsp3) is 0.571. The van der Waals surface area contributed by atoms with E-state index in [1.807, 2.05) is 0 Å². The van der Waals surface area contributed by atoms with Gasteiger partial charge in [0.2, 0.25) is 0 Å². The molecule has 1 aliphatic rings. The van der Waals surface area contributed by atoms with E-state index in [-0.39, 0.29) is 0 Å². The Bertz CT molecular complexity index is 686. The fourth-order valence-corrected chi connectivity index (χ4v) is 3.72. The van der Waals surface area contributed by atoms with Crippen molar-refractivity contribution in [2.75, 3.05) is 6.54 Å². The van der Waals surface area contributed by atoms with Crippen LogP contribution in [0, 0.1) is 5.92 Å². The van der Waals surface area contributed by atoms with Gasteiger partial charge in [0.1, 0.15) is 0 Å². The van der Waals surface area contributed by atoms with Crippen LogP contribution in [0.25, 0.3) is 10.9 Å². The van der Waals surface area contributed by atoms with Gasteiger partial charge in [-0.2, -0.15) is 0 Å². The molecule has 2 aromatic rings. The zero-order chi connectivity index (χ0) is 16.4. The first-order valence-electron chi connectivity index (χ1n) is 9.22. The Morgan fingerprint density at radius 1 is 1.09 bits per heavy atom. The lowest BCUT2D eigenvalue weighted by molar-refractivity contribution is 0.549. The molecule has 0 fully saturated rings. The standard InChI is InChI=1S/C21H30N2/c1-14(2)12-22-13-19-17-8-5-6-11-20(17)23-21-16(15(3)4)9-7-10-18(19)21/h7,9-10,14-15,22H,5-6,8,11-13H2,1-4H3. The van der Waals surface area contributed by atoms with Gasteiger partial charge in [0.25, 0.3) is 0 Å². The molecule has 0 unspecified atom stereocenters. The van der Waals surface area contributed by atoms with E-state index in [4.69, 9.17) is 4.98 Å². The van der Waals surface area contributed by atoms with E-state index in [1.165, 1.54) is 52.5 Å². The predicted molar refractivity (Wildman–Crippen MR) is 99.0 cm³/mol. The largest absolute Gasteiger partial charge is 0.312 e. The van der Waals surface area contributed by atoms with Crippen molar-refractivity contribution in [1.82, 2.24) is 10.3 Å². The molecule has 3 rings (SSSR count). The molecule has 1 aliphatic carbocycles. The molecule has 23 heavy (non-hydrogen) atoms. The first-order chi connectivity index (χ1) is 11.1. The van der Waals surface area contributed by atoms with Crippen LogP contribution in [0.4, 0.5) is 0 Å². The van der Waals surface area contributed by atoms with Crippen LogP contribution in [0.3, 0.4) is 0 Å². The number of hydrogen-bond acceptors (Lipinski definition) is 2. The topological polar surface area (TPSA) is 24.9 Å². The quantitative estimate of drug-likeness (QED) is 0.842. The van der Waals surface area contributed by atoms with Crippen LogP contribution in [0.2, 0.25) is 0 Å². The maximum absolute atomic E-state index is 5.11. The molecule has 0 aliphatic heterocycles. The summed E-state index contributed by atoms with van der Waals surface area (Å²) in [6.07, 6.45) is 4.94. The number of fused-ring (bicyclic) bond motifs is 2. The number of aromatic nitrogens is 1. The van der Waals surface area contributed by atoms with Crippen molar-refractivity contribution in [3.8, 4) is 0 Å². The summed E-state index contributed by atoms with van der Waals surface area (Å²) >= 11 is 0. The average molecular weight is 310 g/mol. The van der Waals surface area contributed by atoms with E-state index in [0.717, 1.165) is 19.5 Å². The monoisotopic (exact) mass is 310 g/mol. The molecule has 1 aromatic heterocycles. The fourth-order valence-electron chi connectivity index (χ4n) is 3.72. The summed E-state index contributed by atoms with van der Waals surface area (Å²) < 4.78 is 0. The molecule has 2 heteroatoms. The highest BCUT2D eigenvalue weighted by atomic mass is 14.9. The van der Waals surface area contributed by atoms with Gasteiger partial charge in [0.15, 0.2) is 0 Å². The third kappa shape index (κ3) is 3.42. The van der Waals surface area contributed by atoms with Crippen molar-refractivity contribution in [3.05, 3.63) is 40.6 Å². The third-order valence-corrected chi connectivity index (χ3v) is 4.92. The molecular weight excluding hydrogens is 280 g/mol. The highest BCUT2D eigenvalue weighted by Gasteiger charge is 2.19. The third-order valence-electron chi connectivity index (χ3n) is 4.92. The molecule has 1 heterocycles. The second-order valence-corrected chi connectivity index (χ2v) is 7.65. The van der Waals surface area contributed by atoms with E-state index in [9.17, 15) is 0 Å². The Hall–Kier alpha value is -1.41. The number of benzene rings is 1. The number of pyridine rings is 1. The molecular formula is C21H30N2. The van der Waals surface area contributed by atoms with Crippen LogP contribution in [0.5, 0.6) is 0 Å². The molecule has 1 N–H and O–H groups in total. The summed E-state index contributed by atoms with van der Waals surface area (Å²) in [6.45, 7) is 11.1. The lowest BCUT2D eigenvalue weighted by Gasteiger charge is -2.23. The summed E-state index contributed by atoms with van der Waals surface area (Å²) in [7, 11) is 0. The summed E-state index contributed by atoms with van der Waals surface area (Å²) in [4.78, 5) is 5.11. The molecule has 124 valence electrons. The molecule has 0 spiro atoms. The predicted octanol–water partition coefficient (Wildman–Crippen LogP) is 4.98. The van der Waals surface area contributed by atoms with Gasteiger partial charge in [-0.1, -0.05) is 45.9 Å². The minimum atomic E-state index is 0.518. The first-order valence-corrected chi connectivity index (χ1v) is 9.22. The average Bonchev–Trinajstić information content (AvgIpc) is 2.53. The van der Waals surface area contributed by atoms with Gasteiger partial charge in [-0.3, -0.25) is 4.98 Å². The minimum absolute atomic E-state index is 0.518. The second-order valence-electron chi connectivity index (χ2n) is 7.65. The van der Waals surface area contributed by atoms with Gasteiger partial charge in [-0.05, 0) is 60.8 Å². The number of para-hydroxylation sites is 1. The lowest BCUT2D eigenvalue weighted by atomic mass is 9.88. The van der Waals surface area contributed by atoms with E-state index < -0.39 is 0 Å². The van der Waals surface area contributed by atoms with Crippen LogP contribution in [-0.4, -0.2) is 11.5 Å². The first kappa shape index (κ1) is 16.4. The van der Waals surface area contributed by atoms with Gasteiger partial charge in [-0.25, -0.2) is 0 Å². The van der Waals surface area contributed by atoms with Crippen LogP contribution in [-0.2, 0) is 19.4 Å². The van der Waals surface area contributed by atoms with Gasteiger partial charge < -0.3 is 5.32 Å². The second kappa shape index (κ2) is 7.00. The van der Waals surface area contributed by atoms with Crippen LogP contribution >= 0.6 is 0 Å². The Kier molecular flexibility index (Phi) is 5.01. The number of aryl methyl sites for hydroxylation is 1. The van der Waals surface area contributed by atoms with Gasteiger partial charge in [-0.15, -0.1) is 0 Å². The summed E-state index contributed by atoms with van der Waals surface area (Å²) in [6, 6.07) is 6.73. The minimum Gasteiger partial charge on any atom is -0.312 e. The summed E-state index contributed by atoms with van der Waals surface area (Å²) in [5.74, 6) is 1.20. The Labute approximate surface area is 140 Å². The maximum atomic E-state index is 5.11. The molecule has 1 aromatic carbocycles. The van der Waals surface area contributed by atoms with Crippen molar-refractivity contribution in [1.29, 1.82) is 0 Å². The lowest BCUT2D eigenvalue weighted by Crippen LogP contribution is -2.21. The number of nitrogens with one attached hydrogen (secondary N) is 1. The van der Waals surface area contributed by atoms with Crippen LogP contribution < -0.4 is 5.32 Å². The number of nitrogens with zero attached hydrogens (tertiary/aromatic N) is 1. The van der Waals surface area contributed by atoms with Crippen molar-refractivity contribution < 1.29 is 0 Å². The van der Waals surface area contributed by atoms with Crippen molar-refractivity contribution >= 4 is 10.9 Å². The number of hydrogen-bond donors (Lipinski definition) is 1. The zero-order valence-corrected chi connectivity index (χ0v) is 15.1. The van der Waals surface area contributed by atoms with Crippen LogP contribution in [0.15, 0.2) is 18.2 Å². The highest BCUT2D eigenvalue weighted by Crippen LogP contribution is 2.32. The van der Waals surface area contributed by atoms with Crippen molar-refractivity contribution in [2.45, 2.75) is 65.8 Å². The van der Waals surface area contributed by atoms with Crippen molar-refractivity contribution in [3.63, 3.8) is 0 Å². The summed E-state index contributed by atoms with van der Waals surface area (Å²) in [5.41, 5.74) is 7.03. The Morgan fingerprint density at radius 3 is 2.61 bits per heavy atom. The summed E-state index contributed by atoms with van der Waals surface area (Å²) in [5, 5.41) is 5.03. The van der Waals surface area contributed by atoms with E-state index in [0.29, 0.717) is 11.8 Å². The van der Waals surface area contributed by atoms with E-state index >= 15 is 0 Å². The molecule has 2 nitrogen and oxygen atoms in total. The highest BCUT2D eigenvalue weighted by molar-refractivity contribution is 5.87. The van der Waals surface area contributed by atoms with Crippen LogP contribution in [0.1, 0.15) is 68.8 Å². The normalized spacial score (nSPS) is 14.7. The molecule has 0 radical (unpaired) electrons. The van der Waals surface area contributed by atoms with Gasteiger partial charge in [0, 0.05) is 17.6 Å². The number of rotatable bonds is 5. The van der Waals surface area contributed by atoms with E-state index in [1.54, 1.807) is 0 Å². The molecule has 0 saturated heterocycles. The SMILES string of the molecule is CC(C)CNCc1c2c(nc3c(C(C)C)cccc13)CCCC2. The molecule has 0 bridgehead atoms. The smallest absolute Gasteiger partial charge is 0.0743 e. The Balaban J connectivity index is 2.11. The van der Waals surface area contributed by atoms with Gasteiger partial charge >= 0.3 is 0 Å².